The Morgan fingerprint density at radius 3 is 2.50 bits per heavy atom. The molecule has 2 aromatic carbocycles. The van der Waals surface area contributed by atoms with Crippen molar-refractivity contribution < 1.29 is 9.00 Å². The van der Waals surface area contributed by atoms with Crippen molar-refractivity contribution in [2.24, 2.45) is 0 Å². The summed E-state index contributed by atoms with van der Waals surface area (Å²) in [6.07, 6.45) is 5.46. The van der Waals surface area contributed by atoms with E-state index in [2.05, 4.69) is 21.2 Å². The summed E-state index contributed by atoms with van der Waals surface area (Å²) in [5, 5.41) is 3.05. The minimum Gasteiger partial charge on any atom is -0.325 e. The van der Waals surface area contributed by atoms with E-state index in [9.17, 15) is 9.00 Å². The SMILES string of the molecule is CS(=O)c1cccc(NC(=O)C2(c3cccc(Br)c3)CCCC2)c1. The van der Waals surface area contributed by atoms with Crippen LogP contribution in [-0.2, 0) is 21.0 Å². The average Bonchev–Trinajstić information content (AvgIpc) is 3.06. The molecule has 126 valence electrons. The Balaban J connectivity index is 1.91. The van der Waals surface area contributed by atoms with Gasteiger partial charge in [-0.3, -0.25) is 9.00 Å². The van der Waals surface area contributed by atoms with Gasteiger partial charge in [0, 0.05) is 32.1 Å². The summed E-state index contributed by atoms with van der Waals surface area (Å²) in [6, 6.07) is 15.3. The monoisotopic (exact) mass is 405 g/mol. The highest BCUT2D eigenvalue weighted by atomic mass is 79.9. The first-order valence-electron chi connectivity index (χ1n) is 8.02. The fourth-order valence-corrected chi connectivity index (χ4v) is 4.38. The van der Waals surface area contributed by atoms with Crippen LogP contribution in [0.1, 0.15) is 31.2 Å². The summed E-state index contributed by atoms with van der Waals surface area (Å²) >= 11 is 3.51. The zero-order valence-electron chi connectivity index (χ0n) is 13.5. The van der Waals surface area contributed by atoms with Crippen molar-refractivity contribution in [3.05, 3.63) is 58.6 Å². The highest BCUT2D eigenvalue weighted by Crippen LogP contribution is 2.42. The van der Waals surface area contributed by atoms with E-state index in [4.69, 9.17) is 0 Å². The van der Waals surface area contributed by atoms with Gasteiger partial charge in [-0.2, -0.15) is 0 Å². The third-order valence-electron chi connectivity index (χ3n) is 4.69. The molecule has 0 radical (unpaired) electrons. The van der Waals surface area contributed by atoms with Crippen molar-refractivity contribution in [2.45, 2.75) is 36.0 Å². The highest BCUT2D eigenvalue weighted by molar-refractivity contribution is 9.10. The summed E-state index contributed by atoms with van der Waals surface area (Å²) < 4.78 is 12.6. The Morgan fingerprint density at radius 1 is 1.12 bits per heavy atom. The number of amides is 1. The normalized spacial score (nSPS) is 17.4. The van der Waals surface area contributed by atoms with E-state index in [0.29, 0.717) is 5.69 Å². The topological polar surface area (TPSA) is 46.2 Å². The van der Waals surface area contributed by atoms with Crippen molar-refractivity contribution in [3.63, 3.8) is 0 Å². The molecule has 1 unspecified atom stereocenters. The van der Waals surface area contributed by atoms with Crippen LogP contribution in [0.2, 0.25) is 0 Å². The molecular weight excluding hydrogens is 386 g/mol. The van der Waals surface area contributed by atoms with Crippen molar-refractivity contribution in [2.75, 3.05) is 11.6 Å². The summed E-state index contributed by atoms with van der Waals surface area (Å²) in [7, 11) is -1.06. The van der Waals surface area contributed by atoms with Crippen LogP contribution in [0.4, 0.5) is 5.69 Å². The number of nitrogens with one attached hydrogen (secondary N) is 1. The minimum absolute atomic E-state index is 0.0251. The molecule has 3 nitrogen and oxygen atoms in total. The second-order valence-corrected chi connectivity index (χ2v) is 8.53. The molecule has 1 saturated carbocycles. The first-order valence-corrected chi connectivity index (χ1v) is 10.4. The Labute approximate surface area is 153 Å². The van der Waals surface area contributed by atoms with E-state index in [1.165, 1.54) is 0 Å². The Hall–Kier alpha value is -1.46. The lowest BCUT2D eigenvalue weighted by molar-refractivity contribution is -0.121. The number of hydrogen-bond acceptors (Lipinski definition) is 2. The molecule has 2 aromatic rings. The molecule has 1 aliphatic carbocycles. The minimum atomic E-state index is -1.06. The smallest absolute Gasteiger partial charge is 0.235 e. The van der Waals surface area contributed by atoms with Gasteiger partial charge in [-0.05, 0) is 48.7 Å². The lowest BCUT2D eigenvalue weighted by Gasteiger charge is -2.28. The highest BCUT2D eigenvalue weighted by Gasteiger charge is 2.42. The molecule has 0 heterocycles. The number of carbonyl (C=O) groups is 1. The molecule has 1 aliphatic rings. The summed E-state index contributed by atoms with van der Waals surface area (Å²) in [6.45, 7) is 0. The van der Waals surface area contributed by atoms with Gasteiger partial charge >= 0.3 is 0 Å². The maximum atomic E-state index is 13.1. The fraction of sp³-hybridized carbons (Fsp3) is 0.316. The molecule has 0 aromatic heterocycles. The van der Waals surface area contributed by atoms with Gasteiger partial charge in [0.1, 0.15) is 0 Å². The Morgan fingerprint density at radius 2 is 1.83 bits per heavy atom. The molecule has 1 N–H and O–H groups in total. The van der Waals surface area contributed by atoms with Gasteiger partial charge in [-0.1, -0.05) is 47.0 Å². The maximum Gasteiger partial charge on any atom is 0.235 e. The van der Waals surface area contributed by atoms with E-state index < -0.39 is 16.2 Å². The number of hydrogen-bond donors (Lipinski definition) is 1. The van der Waals surface area contributed by atoms with E-state index >= 15 is 0 Å². The summed E-state index contributed by atoms with van der Waals surface area (Å²) in [5.41, 5.74) is 1.28. The average molecular weight is 406 g/mol. The van der Waals surface area contributed by atoms with Crippen molar-refractivity contribution in [1.82, 2.24) is 0 Å². The second kappa shape index (κ2) is 7.19. The van der Waals surface area contributed by atoms with Gasteiger partial charge in [0.25, 0.3) is 0 Å². The second-order valence-electron chi connectivity index (χ2n) is 6.24. The molecular formula is C19H20BrNO2S. The summed E-state index contributed by atoms with van der Waals surface area (Å²) in [4.78, 5) is 13.8. The van der Waals surface area contributed by atoms with Crippen LogP contribution in [0.25, 0.3) is 0 Å². The molecule has 0 spiro atoms. The lowest BCUT2D eigenvalue weighted by atomic mass is 9.78. The quantitative estimate of drug-likeness (QED) is 0.804. The van der Waals surface area contributed by atoms with Crippen molar-refractivity contribution in [3.8, 4) is 0 Å². The zero-order chi connectivity index (χ0) is 17.2. The van der Waals surface area contributed by atoms with Gasteiger partial charge in [0.15, 0.2) is 0 Å². The van der Waals surface area contributed by atoms with Gasteiger partial charge in [-0.15, -0.1) is 0 Å². The lowest BCUT2D eigenvalue weighted by Crippen LogP contribution is -2.38. The zero-order valence-corrected chi connectivity index (χ0v) is 16.0. The molecule has 1 atom stereocenters. The Kier molecular flexibility index (Phi) is 5.21. The summed E-state index contributed by atoms with van der Waals surface area (Å²) in [5.74, 6) is 0.0251. The van der Waals surface area contributed by atoms with Crippen LogP contribution in [0, 0.1) is 0 Å². The predicted molar refractivity (Wildman–Crippen MR) is 102 cm³/mol. The molecule has 0 saturated heterocycles. The van der Waals surface area contributed by atoms with Crippen LogP contribution >= 0.6 is 15.9 Å². The first kappa shape index (κ1) is 17.4. The largest absolute Gasteiger partial charge is 0.325 e. The number of halogens is 1. The maximum absolute atomic E-state index is 13.1. The standard InChI is InChI=1S/C19H20BrNO2S/c1-24(23)17-9-5-8-16(13-17)21-18(22)19(10-2-3-11-19)14-6-4-7-15(20)12-14/h4-9,12-13H,2-3,10-11H2,1H3,(H,21,22). The molecule has 5 heteroatoms. The van der Waals surface area contributed by atoms with Crippen LogP contribution in [0.15, 0.2) is 57.9 Å². The first-order chi connectivity index (χ1) is 11.5. The van der Waals surface area contributed by atoms with E-state index in [-0.39, 0.29) is 5.91 Å². The number of anilines is 1. The molecule has 1 fully saturated rings. The van der Waals surface area contributed by atoms with Gasteiger partial charge in [0.2, 0.25) is 5.91 Å². The van der Waals surface area contributed by atoms with E-state index in [0.717, 1.165) is 40.6 Å². The molecule has 1 amide bonds. The van der Waals surface area contributed by atoms with E-state index in [1.54, 1.807) is 12.3 Å². The number of carbonyl (C=O) groups excluding carboxylic acids is 1. The van der Waals surface area contributed by atoms with Crippen molar-refractivity contribution in [1.29, 1.82) is 0 Å². The molecule has 0 aliphatic heterocycles. The van der Waals surface area contributed by atoms with Crippen LogP contribution in [-0.4, -0.2) is 16.4 Å². The van der Waals surface area contributed by atoms with Gasteiger partial charge in [-0.25, -0.2) is 0 Å². The number of rotatable bonds is 4. The van der Waals surface area contributed by atoms with Crippen LogP contribution in [0.5, 0.6) is 0 Å². The van der Waals surface area contributed by atoms with Gasteiger partial charge < -0.3 is 5.32 Å². The van der Waals surface area contributed by atoms with Gasteiger partial charge in [0.05, 0.1) is 5.41 Å². The molecule has 24 heavy (non-hydrogen) atoms. The third-order valence-corrected chi connectivity index (χ3v) is 6.10. The number of benzene rings is 2. The van der Waals surface area contributed by atoms with Crippen LogP contribution < -0.4 is 5.32 Å². The van der Waals surface area contributed by atoms with Crippen molar-refractivity contribution >= 4 is 38.3 Å². The predicted octanol–water partition coefficient (Wildman–Crippen LogP) is 4.64. The molecule has 3 rings (SSSR count). The molecule has 0 bridgehead atoms. The Bertz CT molecular complexity index is 784. The van der Waals surface area contributed by atoms with Crippen LogP contribution in [0.3, 0.4) is 0 Å². The fourth-order valence-electron chi connectivity index (χ4n) is 3.41. The third kappa shape index (κ3) is 3.47. The van der Waals surface area contributed by atoms with E-state index in [1.807, 2.05) is 42.5 Å².